The fourth-order valence-corrected chi connectivity index (χ4v) is 2.38. The van der Waals surface area contributed by atoms with E-state index in [0.717, 1.165) is 30.8 Å². The lowest BCUT2D eigenvalue weighted by Crippen LogP contribution is -2.36. The van der Waals surface area contributed by atoms with Gasteiger partial charge < -0.3 is 10.5 Å². The number of carbonyl (C=O) groups excluding carboxylic acids is 1. The Bertz CT molecular complexity index is 444. The minimum atomic E-state index is -0.362. The smallest absolute Gasteiger partial charge is 0.319 e. The van der Waals surface area contributed by atoms with Crippen LogP contribution >= 0.6 is 0 Å². The molecule has 1 heterocycles. The SMILES string of the molecule is NC(=O)N(CC1CC1)C1=C2OC=CC=C2CC1. The lowest BCUT2D eigenvalue weighted by Gasteiger charge is -2.22. The highest BCUT2D eigenvalue weighted by molar-refractivity contribution is 5.75. The fourth-order valence-electron chi connectivity index (χ4n) is 2.38. The average Bonchev–Trinajstić information content (AvgIpc) is 3.05. The normalized spacial score (nSPS) is 22.0. The van der Waals surface area contributed by atoms with Gasteiger partial charge in [-0.15, -0.1) is 0 Å². The van der Waals surface area contributed by atoms with Gasteiger partial charge in [0.05, 0.1) is 12.0 Å². The molecular weight excluding hydrogens is 216 g/mol. The quantitative estimate of drug-likeness (QED) is 0.811. The predicted molar refractivity (Wildman–Crippen MR) is 63.6 cm³/mol. The summed E-state index contributed by atoms with van der Waals surface area (Å²) in [5.41, 5.74) is 7.60. The number of hydrogen-bond acceptors (Lipinski definition) is 2. The molecule has 1 aliphatic heterocycles. The minimum Gasteiger partial charge on any atom is -0.463 e. The van der Waals surface area contributed by atoms with E-state index < -0.39 is 0 Å². The molecule has 0 spiro atoms. The number of carbonyl (C=O) groups is 1. The number of fused-ring (bicyclic) bond motifs is 1. The molecule has 4 heteroatoms. The number of rotatable bonds is 3. The van der Waals surface area contributed by atoms with Crippen LogP contribution in [-0.4, -0.2) is 17.5 Å². The molecule has 3 rings (SSSR count). The van der Waals surface area contributed by atoms with E-state index in [1.807, 2.05) is 12.2 Å². The molecule has 2 amide bonds. The zero-order valence-electron chi connectivity index (χ0n) is 9.69. The van der Waals surface area contributed by atoms with Crippen molar-refractivity contribution >= 4 is 6.03 Å². The van der Waals surface area contributed by atoms with Gasteiger partial charge in [0.2, 0.25) is 0 Å². The molecule has 17 heavy (non-hydrogen) atoms. The summed E-state index contributed by atoms with van der Waals surface area (Å²) in [5.74, 6) is 1.47. The second kappa shape index (κ2) is 3.95. The molecular formula is C13H16N2O2. The maximum Gasteiger partial charge on any atom is 0.319 e. The zero-order chi connectivity index (χ0) is 11.8. The number of ether oxygens (including phenoxy) is 1. The number of nitrogens with zero attached hydrogens (tertiary/aromatic N) is 1. The van der Waals surface area contributed by atoms with E-state index in [1.54, 1.807) is 11.2 Å². The van der Waals surface area contributed by atoms with Crippen molar-refractivity contribution in [1.29, 1.82) is 0 Å². The van der Waals surface area contributed by atoms with Gasteiger partial charge in [-0.2, -0.15) is 0 Å². The fraction of sp³-hybridized carbons (Fsp3) is 0.462. The third kappa shape index (κ3) is 1.95. The van der Waals surface area contributed by atoms with Crippen LogP contribution < -0.4 is 5.73 Å². The van der Waals surface area contributed by atoms with Gasteiger partial charge in [0.15, 0.2) is 0 Å². The molecule has 0 radical (unpaired) electrons. The maximum absolute atomic E-state index is 11.5. The minimum absolute atomic E-state index is 0.362. The summed E-state index contributed by atoms with van der Waals surface area (Å²) < 4.78 is 5.53. The van der Waals surface area contributed by atoms with Gasteiger partial charge in [-0.3, -0.25) is 4.90 Å². The Kier molecular flexibility index (Phi) is 2.42. The van der Waals surface area contributed by atoms with Gasteiger partial charge in [0.1, 0.15) is 5.76 Å². The lowest BCUT2D eigenvalue weighted by molar-refractivity contribution is 0.214. The summed E-state index contributed by atoms with van der Waals surface area (Å²) >= 11 is 0. The van der Waals surface area contributed by atoms with Crippen LogP contribution in [0, 0.1) is 5.92 Å². The Hall–Kier alpha value is -1.71. The first-order valence-electron chi connectivity index (χ1n) is 6.08. The van der Waals surface area contributed by atoms with Gasteiger partial charge in [-0.1, -0.05) is 6.08 Å². The zero-order valence-corrected chi connectivity index (χ0v) is 9.69. The highest BCUT2D eigenvalue weighted by Gasteiger charge is 2.33. The topological polar surface area (TPSA) is 55.6 Å². The average molecular weight is 232 g/mol. The monoisotopic (exact) mass is 232 g/mol. The number of hydrogen-bond donors (Lipinski definition) is 1. The standard InChI is InChI=1S/C13H16N2O2/c14-13(16)15(8-9-3-4-9)11-6-5-10-2-1-7-17-12(10)11/h1-2,7,9H,3-6,8H2,(H2,14,16). The molecule has 2 aliphatic carbocycles. The highest BCUT2D eigenvalue weighted by atomic mass is 16.5. The molecule has 0 atom stereocenters. The summed E-state index contributed by atoms with van der Waals surface area (Å²) in [5, 5.41) is 0. The molecule has 0 bridgehead atoms. The van der Waals surface area contributed by atoms with E-state index in [9.17, 15) is 4.79 Å². The first-order chi connectivity index (χ1) is 8.25. The molecule has 0 aromatic rings. The largest absolute Gasteiger partial charge is 0.463 e. The van der Waals surface area contributed by atoms with Crippen molar-refractivity contribution < 1.29 is 9.53 Å². The second-order valence-electron chi connectivity index (χ2n) is 4.81. The summed E-state index contributed by atoms with van der Waals surface area (Å²) in [6, 6.07) is -0.362. The van der Waals surface area contributed by atoms with Crippen LogP contribution in [0.3, 0.4) is 0 Å². The summed E-state index contributed by atoms with van der Waals surface area (Å²) in [6.07, 6.45) is 9.77. The van der Waals surface area contributed by atoms with Gasteiger partial charge in [0, 0.05) is 6.54 Å². The molecule has 4 nitrogen and oxygen atoms in total. The second-order valence-corrected chi connectivity index (χ2v) is 4.81. The lowest BCUT2D eigenvalue weighted by atomic mass is 10.2. The predicted octanol–water partition coefficient (Wildman–Crippen LogP) is 2.25. The van der Waals surface area contributed by atoms with Crippen LogP contribution in [-0.2, 0) is 4.74 Å². The number of urea groups is 1. The highest BCUT2D eigenvalue weighted by Crippen LogP contribution is 2.38. The van der Waals surface area contributed by atoms with Gasteiger partial charge >= 0.3 is 6.03 Å². The molecule has 0 aromatic heterocycles. The van der Waals surface area contributed by atoms with Crippen molar-refractivity contribution in [2.24, 2.45) is 11.7 Å². The van der Waals surface area contributed by atoms with Crippen LogP contribution in [0.25, 0.3) is 0 Å². The summed E-state index contributed by atoms with van der Waals surface area (Å²) in [7, 11) is 0. The molecule has 90 valence electrons. The number of nitrogens with two attached hydrogens (primary N) is 1. The Balaban J connectivity index is 1.87. The molecule has 0 saturated heterocycles. The van der Waals surface area contributed by atoms with E-state index in [-0.39, 0.29) is 6.03 Å². The van der Waals surface area contributed by atoms with Crippen LogP contribution in [0.4, 0.5) is 4.79 Å². The molecule has 1 fully saturated rings. The molecule has 3 aliphatic rings. The molecule has 0 unspecified atom stereocenters. The van der Waals surface area contributed by atoms with E-state index in [0.29, 0.717) is 5.92 Å². The Morgan fingerprint density at radius 3 is 3.00 bits per heavy atom. The number of allylic oxidation sites excluding steroid dienone is 4. The first-order valence-corrected chi connectivity index (χ1v) is 6.08. The van der Waals surface area contributed by atoms with Crippen molar-refractivity contribution in [3.8, 4) is 0 Å². The Morgan fingerprint density at radius 2 is 2.29 bits per heavy atom. The van der Waals surface area contributed by atoms with Crippen molar-refractivity contribution in [1.82, 2.24) is 4.90 Å². The van der Waals surface area contributed by atoms with Crippen molar-refractivity contribution in [3.63, 3.8) is 0 Å². The Labute approximate surface area is 100 Å². The van der Waals surface area contributed by atoms with Crippen LogP contribution in [0.1, 0.15) is 25.7 Å². The van der Waals surface area contributed by atoms with E-state index >= 15 is 0 Å². The van der Waals surface area contributed by atoms with E-state index in [1.165, 1.54) is 18.4 Å². The summed E-state index contributed by atoms with van der Waals surface area (Å²) in [6.45, 7) is 0.745. The van der Waals surface area contributed by atoms with Crippen molar-refractivity contribution in [2.75, 3.05) is 6.54 Å². The third-order valence-corrected chi connectivity index (χ3v) is 3.48. The van der Waals surface area contributed by atoms with Gasteiger partial charge in [0.25, 0.3) is 0 Å². The van der Waals surface area contributed by atoms with Crippen molar-refractivity contribution in [2.45, 2.75) is 25.7 Å². The third-order valence-electron chi connectivity index (χ3n) is 3.48. The van der Waals surface area contributed by atoms with Gasteiger partial charge in [-0.25, -0.2) is 4.79 Å². The maximum atomic E-state index is 11.5. The van der Waals surface area contributed by atoms with E-state index in [4.69, 9.17) is 10.5 Å². The molecule has 2 N–H and O–H groups in total. The van der Waals surface area contributed by atoms with Gasteiger partial charge in [-0.05, 0) is 43.3 Å². The molecule has 1 saturated carbocycles. The number of amides is 2. The summed E-state index contributed by atoms with van der Waals surface area (Å²) in [4.78, 5) is 13.2. The first kappa shape index (κ1) is 10.4. The molecule has 0 aromatic carbocycles. The Morgan fingerprint density at radius 1 is 1.47 bits per heavy atom. The van der Waals surface area contributed by atoms with Crippen molar-refractivity contribution in [3.05, 3.63) is 35.4 Å². The van der Waals surface area contributed by atoms with E-state index in [2.05, 4.69) is 0 Å². The van der Waals surface area contributed by atoms with Crippen LogP contribution in [0.2, 0.25) is 0 Å². The van der Waals surface area contributed by atoms with Crippen LogP contribution in [0.5, 0.6) is 0 Å². The van der Waals surface area contributed by atoms with Crippen LogP contribution in [0.15, 0.2) is 35.4 Å². The number of primary amides is 1.